The van der Waals surface area contributed by atoms with E-state index in [-0.39, 0.29) is 5.91 Å². The zero-order valence-electron chi connectivity index (χ0n) is 12.9. The molecule has 1 aromatic carbocycles. The van der Waals surface area contributed by atoms with Crippen molar-refractivity contribution in [2.24, 2.45) is 0 Å². The van der Waals surface area contributed by atoms with Crippen LogP contribution in [-0.4, -0.2) is 30.1 Å². The lowest BCUT2D eigenvalue weighted by molar-refractivity contribution is -0.126. The largest absolute Gasteiger partial charge is 0.368 e. The van der Waals surface area contributed by atoms with Crippen molar-refractivity contribution >= 4 is 35.1 Å². The van der Waals surface area contributed by atoms with E-state index in [9.17, 15) is 4.79 Å². The maximum atomic E-state index is 12.1. The molecule has 1 fully saturated rings. The Morgan fingerprint density at radius 3 is 3.00 bits per heavy atom. The second kappa shape index (κ2) is 9.28. The van der Waals surface area contributed by atoms with Gasteiger partial charge in [-0.1, -0.05) is 18.2 Å². The number of rotatable bonds is 7. The van der Waals surface area contributed by atoms with Crippen molar-refractivity contribution in [1.82, 2.24) is 0 Å². The van der Waals surface area contributed by atoms with E-state index in [2.05, 4.69) is 24.0 Å². The SMILES string of the molecule is C=CCCOC(C)C(=O)Nc1cccc(C2SCCCS2)c1. The third kappa shape index (κ3) is 5.38. The lowest BCUT2D eigenvalue weighted by Gasteiger charge is -2.22. The molecule has 0 spiro atoms. The van der Waals surface area contributed by atoms with Crippen LogP contribution in [0.5, 0.6) is 0 Å². The molecule has 1 atom stereocenters. The molecule has 5 heteroatoms. The highest BCUT2D eigenvalue weighted by Gasteiger charge is 2.18. The van der Waals surface area contributed by atoms with Gasteiger partial charge in [0.05, 0.1) is 11.2 Å². The summed E-state index contributed by atoms with van der Waals surface area (Å²) in [5.74, 6) is 2.32. The molecule has 1 N–H and O–H groups in total. The minimum Gasteiger partial charge on any atom is -0.368 e. The van der Waals surface area contributed by atoms with Crippen molar-refractivity contribution in [3.8, 4) is 0 Å². The second-order valence-corrected chi connectivity index (χ2v) is 7.86. The standard InChI is InChI=1S/C17H23NO2S2/c1-3-4-9-20-13(2)16(19)18-15-8-5-7-14(12-15)17-21-10-6-11-22-17/h3,5,7-8,12-13,17H,1,4,6,9-11H2,2H3,(H,18,19). The molecule has 1 aromatic rings. The van der Waals surface area contributed by atoms with Crippen molar-refractivity contribution in [2.75, 3.05) is 23.4 Å². The van der Waals surface area contributed by atoms with Crippen LogP contribution in [0.15, 0.2) is 36.9 Å². The van der Waals surface area contributed by atoms with Gasteiger partial charge in [-0.25, -0.2) is 0 Å². The van der Waals surface area contributed by atoms with Gasteiger partial charge in [0.2, 0.25) is 0 Å². The van der Waals surface area contributed by atoms with Crippen molar-refractivity contribution < 1.29 is 9.53 Å². The number of hydrogen-bond donors (Lipinski definition) is 1. The molecule has 0 saturated carbocycles. The third-order valence-electron chi connectivity index (χ3n) is 3.31. The van der Waals surface area contributed by atoms with E-state index in [0.29, 0.717) is 11.2 Å². The zero-order chi connectivity index (χ0) is 15.8. The fourth-order valence-corrected chi connectivity index (χ4v) is 4.96. The van der Waals surface area contributed by atoms with Crippen molar-refractivity contribution in [1.29, 1.82) is 0 Å². The normalized spacial score (nSPS) is 17.0. The van der Waals surface area contributed by atoms with Crippen molar-refractivity contribution in [3.63, 3.8) is 0 Å². The summed E-state index contributed by atoms with van der Waals surface area (Å²) in [6, 6.07) is 8.14. The van der Waals surface area contributed by atoms with Gasteiger partial charge in [0.25, 0.3) is 5.91 Å². The van der Waals surface area contributed by atoms with Gasteiger partial charge in [0, 0.05) is 5.69 Å². The highest BCUT2D eigenvalue weighted by Crippen LogP contribution is 2.44. The Kier molecular flexibility index (Phi) is 7.36. The lowest BCUT2D eigenvalue weighted by Crippen LogP contribution is -2.28. The number of nitrogens with one attached hydrogen (secondary N) is 1. The summed E-state index contributed by atoms with van der Waals surface area (Å²) in [6.07, 6.45) is 3.36. The molecule has 1 heterocycles. The molecular weight excluding hydrogens is 314 g/mol. The van der Waals surface area contributed by atoms with E-state index in [4.69, 9.17) is 4.74 Å². The van der Waals surface area contributed by atoms with Crippen molar-refractivity contribution in [3.05, 3.63) is 42.5 Å². The minimum absolute atomic E-state index is 0.106. The summed E-state index contributed by atoms with van der Waals surface area (Å²) < 4.78 is 5.95. The number of carbonyl (C=O) groups is 1. The number of ether oxygens (including phenoxy) is 1. The van der Waals surface area contributed by atoms with Gasteiger partial charge in [-0.15, -0.1) is 30.1 Å². The maximum absolute atomic E-state index is 12.1. The van der Waals surface area contributed by atoms with Gasteiger partial charge in [0.1, 0.15) is 6.10 Å². The quantitative estimate of drug-likeness (QED) is 0.588. The molecule has 1 aliphatic heterocycles. The molecule has 0 aliphatic carbocycles. The van der Waals surface area contributed by atoms with Gasteiger partial charge in [-0.2, -0.15) is 0 Å². The molecule has 1 unspecified atom stereocenters. The fourth-order valence-electron chi connectivity index (χ4n) is 2.09. The number of anilines is 1. The van der Waals surface area contributed by atoms with Crippen LogP contribution in [0.2, 0.25) is 0 Å². The van der Waals surface area contributed by atoms with Gasteiger partial charge in [0.15, 0.2) is 0 Å². The summed E-state index contributed by atoms with van der Waals surface area (Å²) >= 11 is 3.96. The van der Waals surface area contributed by atoms with Gasteiger partial charge >= 0.3 is 0 Å². The van der Waals surface area contributed by atoms with E-state index >= 15 is 0 Å². The minimum atomic E-state index is -0.456. The molecule has 3 nitrogen and oxygen atoms in total. The molecule has 120 valence electrons. The first-order valence-corrected chi connectivity index (χ1v) is 9.67. The van der Waals surface area contributed by atoms with Crippen LogP contribution in [0, 0.1) is 0 Å². The van der Waals surface area contributed by atoms with Crippen LogP contribution in [0.25, 0.3) is 0 Å². The smallest absolute Gasteiger partial charge is 0.253 e. The average Bonchev–Trinajstić information content (AvgIpc) is 2.56. The maximum Gasteiger partial charge on any atom is 0.253 e. The number of thioether (sulfide) groups is 2. The Hall–Kier alpha value is -0.910. The molecule has 1 amide bonds. The Morgan fingerprint density at radius 1 is 1.50 bits per heavy atom. The summed E-state index contributed by atoms with van der Waals surface area (Å²) in [5, 5.41) is 2.94. The molecule has 0 aromatic heterocycles. The Balaban J connectivity index is 1.91. The van der Waals surface area contributed by atoms with Crippen LogP contribution in [0.3, 0.4) is 0 Å². The summed E-state index contributed by atoms with van der Waals surface area (Å²) in [4.78, 5) is 12.1. The number of carbonyl (C=O) groups excluding carboxylic acids is 1. The van der Waals surface area contributed by atoms with Gasteiger partial charge in [-0.05, 0) is 49.0 Å². The van der Waals surface area contributed by atoms with Crippen molar-refractivity contribution in [2.45, 2.75) is 30.5 Å². The lowest BCUT2D eigenvalue weighted by atomic mass is 10.2. The average molecular weight is 338 g/mol. The Morgan fingerprint density at radius 2 is 2.27 bits per heavy atom. The monoisotopic (exact) mass is 337 g/mol. The number of benzene rings is 1. The van der Waals surface area contributed by atoms with E-state index in [1.165, 1.54) is 23.5 Å². The van der Waals surface area contributed by atoms with E-state index in [1.54, 1.807) is 13.0 Å². The molecule has 1 saturated heterocycles. The zero-order valence-corrected chi connectivity index (χ0v) is 14.6. The van der Waals surface area contributed by atoms with Crippen LogP contribution >= 0.6 is 23.5 Å². The van der Waals surface area contributed by atoms with Gasteiger partial charge < -0.3 is 10.1 Å². The summed E-state index contributed by atoms with van der Waals surface area (Å²) in [5.41, 5.74) is 2.11. The Bertz CT molecular complexity index is 501. The highest BCUT2D eigenvalue weighted by molar-refractivity contribution is 8.16. The fraction of sp³-hybridized carbons (Fsp3) is 0.471. The van der Waals surface area contributed by atoms with Crippen LogP contribution in [0.1, 0.15) is 29.9 Å². The number of amides is 1. The van der Waals surface area contributed by atoms with E-state index in [0.717, 1.165) is 12.1 Å². The first-order valence-electron chi connectivity index (χ1n) is 7.57. The molecule has 22 heavy (non-hydrogen) atoms. The van der Waals surface area contributed by atoms with E-state index < -0.39 is 6.10 Å². The summed E-state index contributed by atoms with van der Waals surface area (Å²) in [7, 11) is 0. The molecule has 1 aliphatic rings. The second-order valence-electron chi connectivity index (χ2n) is 5.13. The summed E-state index contributed by atoms with van der Waals surface area (Å²) in [6.45, 7) is 5.93. The highest BCUT2D eigenvalue weighted by atomic mass is 32.2. The predicted octanol–water partition coefficient (Wildman–Crippen LogP) is 4.48. The first-order chi connectivity index (χ1) is 10.7. The van der Waals surface area contributed by atoms with Crippen LogP contribution in [-0.2, 0) is 9.53 Å². The molecule has 2 rings (SSSR count). The molecule has 0 bridgehead atoms. The molecular formula is C17H23NO2S2. The molecule has 0 radical (unpaired) electrons. The topological polar surface area (TPSA) is 38.3 Å². The predicted molar refractivity (Wildman–Crippen MR) is 97.6 cm³/mol. The Labute approximate surface area is 141 Å². The van der Waals surface area contributed by atoms with Gasteiger partial charge in [-0.3, -0.25) is 4.79 Å². The first kappa shape index (κ1) is 17.4. The number of hydrogen-bond acceptors (Lipinski definition) is 4. The van der Waals surface area contributed by atoms with Crippen LogP contribution < -0.4 is 5.32 Å². The van der Waals surface area contributed by atoms with E-state index in [1.807, 2.05) is 35.7 Å². The van der Waals surface area contributed by atoms with Crippen LogP contribution in [0.4, 0.5) is 5.69 Å². The third-order valence-corrected chi connectivity index (χ3v) is 6.33.